The smallest absolute Gasteiger partial charge is 0.234 e. The first kappa shape index (κ1) is 17.7. The number of aromatic nitrogens is 3. The van der Waals surface area contributed by atoms with E-state index < -0.39 is 18.0 Å². The third kappa shape index (κ3) is 3.77. The normalized spacial score (nSPS) is 13.5. The van der Waals surface area contributed by atoms with E-state index >= 15 is 0 Å². The number of alkyl halides is 3. The average Bonchev–Trinajstić information content (AvgIpc) is 2.98. The van der Waals surface area contributed by atoms with Crippen molar-refractivity contribution in [2.24, 2.45) is 0 Å². The van der Waals surface area contributed by atoms with Gasteiger partial charge < -0.3 is 0 Å². The quantitative estimate of drug-likeness (QED) is 0.489. The number of hydrogen-bond donors (Lipinski definition) is 0. The Kier molecular flexibility index (Phi) is 4.96. The molecule has 25 heavy (non-hydrogen) atoms. The predicted molar refractivity (Wildman–Crippen MR) is 86.4 cm³/mol. The Morgan fingerprint density at radius 3 is 2.56 bits per heavy atom. The van der Waals surface area contributed by atoms with Gasteiger partial charge in [-0.1, -0.05) is 19.1 Å². The zero-order chi connectivity index (χ0) is 18.0. The minimum absolute atomic E-state index is 0.0231. The van der Waals surface area contributed by atoms with Crippen LogP contribution in [0, 0.1) is 5.82 Å². The van der Waals surface area contributed by atoms with E-state index in [1.807, 2.05) is 0 Å². The van der Waals surface area contributed by atoms with Gasteiger partial charge >= 0.3 is 6.18 Å². The van der Waals surface area contributed by atoms with Crippen LogP contribution in [0.25, 0.3) is 5.65 Å². The minimum atomic E-state index is -4.52. The van der Waals surface area contributed by atoms with Crippen molar-refractivity contribution in [3.63, 3.8) is 0 Å². The lowest BCUT2D eigenvalue weighted by atomic mass is 10.1. The van der Waals surface area contributed by atoms with Gasteiger partial charge in [-0.25, -0.2) is 18.2 Å². The molecule has 3 aromatic rings. The lowest BCUT2D eigenvalue weighted by Crippen LogP contribution is -2.34. The minimum Gasteiger partial charge on any atom is -0.234 e. The van der Waals surface area contributed by atoms with Crippen LogP contribution in [0.1, 0.15) is 18.5 Å². The summed E-state index contributed by atoms with van der Waals surface area (Å²) in [6.07, 6.45) is -1.50. The Bertz CT molecular complexity index is 847. The van der Waals surface area contributed by atoms with Gasteiger partial charge in [0.2, 0.25) is 0 Å². The first-order chi connectivity index (χ1) is 11.9. The molecule has 3 rings (SSSR count). The molecular formula is C16H14F4N4S. The summed E-state index contributed by atoms with van der Waals surface area (Å²) in [7, 11) is 0. The maximum atomic E-state index is 13.7. The van der Waals surface area contributed by atoms with Gasteiger partial charge in [0.15, 0.2) is 5.65 Å². The molecule has 132 valence electrons. The lowest BCUT2D eigenvalue weighted by Gasteiger charge is -2.31. The Balaban J connectivity index is 1.96. The monoisotopic (exact) mass is 370 g/mol. The average molecular weight is 370 g/mol. The van der Waals surface area contributed by atoms with Gasteiger partial charge in [-0.3, -0.25) is 0 Å². The van der Waals surface area contributed by atoms with E-state index in [9.17, 15) is 17.6 Å². The summed E-state index contributed by atoms with van der Waals surface area (Å²) in [5, 5.41) is 4.58. The standard InChI is InChI=1S/C16H14F4N4S/c1-2-23(25-14-10-21-13-4-3-9-22-24(13)14)15(16(18,19)20)11-5-7-12(17)8-6-11/h3-10,15H,2H2,1H3. The first-order valence-electron chi connectivity index (χ1n) is 7.45. The summed E-state index contributed by atoms with van der Waals surface area (Å²) in [5.74, 6) is -0.577. The number of hydrogen-bond acceptors (Lipinski definition) is 4. The van der Waals surface area contributed by atoms with Crippen LogP contribution in [0.4, 0.5) is 17.6 Å². The number of fused-ring (bicyclic) bond motifs is 1. The number of halogens is 4. The maximum Gasteiger partial charge on any atom is 0.408 e. The molecular weight excluding hydrogens is 356 g/mol. The molecule has 0 saturated carbocycles. The molecule has 4 nitrogen and oxygen atoms in total. The molecule has 2 heterocycles. The largest absolute Gasteiger partial charge is 0.408 e. The fourth-order valence-electron chi connectivity index (χ4n) is 2.45. The van der Waals surface area contributed by atoms with Crippen LogP contribution >= 0.6 is 11.9 Å². The van der Waals surface area contributed by atoms with Crippen LogP contribution in [0.2, 0.25) is 0 Å². The summed E-state index contributed by atoms with van der Waals surface area (Å²) >= 11 is 0.916. The summed E-state index contributed by atoms with van der Waals surface area (Å²) in [6.45, 7) is 1.75. The Labute approximate surface area is 145 Å². The SMILES string of the molecule is CCN(Sc1cnc2cccnn12)C(c1ccc(F)cc1)C(F)(F)F. The van der Waals surface area contributed by atoms with Crippen LogP contribution in [0.5, 0.6) is 0 Å². The van der Waals surface area contributed by atoms with E-state index in [1.165, 1.54) is 21.2 Å². The van der Waals surface area contributed by atoms with Crippen molar-refractivity contribution in [1.82, 2.24) is 18.9 Å². The zero-order valence-corrected chi connectivity index (χ0v) is 13.9. The third-order valence-electron chi connectivity index (χ3n) is 3.55. The van der Waals surface area contributed by atoms with E-state index in [1.54, 1.807) is 19.1 Å². The molecule has 1 aromatic carbocycles. The van der Waals surface area contributed by atoms with Gasteiger partial charge in [0.1, 0.15) is 16.9 Å². The molecule has 0 aliphatic carbocycles. The Hall–Kier alpha value is -2.13. The van der Waals surface area contributed by atoms with E-state index in [2.05, 4.69) is 10.1 Å². The molecule has 0 amide bonds. The predicted octanol–water partition coefficient (Wildman–Crippen LogP) is 4.50. The molecule has 1 unspecified atom stereocenters. The van der Waals surface area contributed by atoms with E-state index in [-0.39, 0.29) is 12.1 Å². The highest BCUT2D eigenvalue weighted by molar-refractivity contribution is 7.97. The molecule has 0 saturated heterocycles. The van der Waals surface area contributed by atoms with Gasteiger partial charge in [-0.15, -0.1) is 0 Å². The van der Waals surface area contributed by atoms with Crippen LogP contribution in [0.15, 0.2) is 53.8 Å². The van der Waals surface area contributed by atoms with Crippen molar-refractivity contribution in [1.29, 1.82) is 0 Å². The molecule has 9 heteroatoms. The first-order valence-corrected chi connectivity index (χ1v) is 8.23. The zero-order valence-electron chi connectivity index (χ0n) is 13.1. The maximum absolute atomic E-state index is 13.7. The van der Waals surface area contributed by atoms with Crippen molar-refractivity contribution >= 4 is 17.6 Å². The van der Waals surface area contributed by atoms with Gasteiger partial charge in [0.25, 0.3) is 0 Å². The fraction of sp³-hybridized carbons (Fsp3) is 0.250. The van der Waals surface area contributed by atoms with Gasteiger partial charge in [-0.05, 0) is 41.8 Å². The second kappa shape index (κ2) is 7.01. The summed E-state index contributed by atoms with van der Waals surface area (Å²) < 4.78 is 56.9. The lowest BCUT2D eigenvalue weighted by molar-refractivity contribution is -0.172. The number of nitrogens with zero attached hydrogens (tertiary/aromatic N) is 4. The van der Waals surface area contributed by atoms with Crippen LogP contribution in [0.3, 0.4) is 0 Å². The highest BCUT2D eigenvalue weighted by atomic mass is 32.2. The Morgan fingerprint density at radius 2 is 1.92 bits per heavy atom. The molecule has 0 fully saturated rings. The molecule has 0 bridgehead atoms. The van der Waals surface area contributed by atoms with Crippen molar-refractivity contribution in [3.8, 4) is 0 Å². The number of imidazole rings is 1. The molecule has 1 atom stereocenters. The second-order valence-corrected chi connectivity index (χ2v) is 6.28. The third-order valence-corrected chi connectivity index (χ3v) is 4.72. The van der Waals surface area contributed by atoms with E-state index in [0.29, 0.717) is 10.7 Å². The number of rotatable bonds is 5. The summed E-state index contributed by atoms with van der Waals surface area (Å²) in [4.78, 5) is 4.13. The van der Waals surface area contributed by atoms with Crippen molar-refractivity contribution in [3.05, 3.63) is 60.2 Å². The van der Waals surface area contributed by atoms with Crippen LogP contribution < -0.4 is 0 Å². The highest BCUT2D eigenvalue weighted by Crippen LogP contribution is 2.42. The fourth-order valence-corrected chi connectivity index (χ4v) is 3.49. The highest BCUT2D eigenvalue weighted by Gasteiger charge is 2.45. The van der Waals surface area contributed by atoms with Crippen LogP contribution in [-0.2, 0) is 0 Å². The molecule has 0 radical (unpaired) electrons. The molecule has 0 aliphatic rings. The Morgan fingerprint density at radius 1 is 1.20 bits per heavy atom. The summed E-state index contributed by atoms with van der Waals surface area (Å²) in [6, 6.07) is 5.91. The van der Waals surface area contributed by atoms with E-state index in [0.717, 1.165) is 36.2 Å². The second-order valence-electron chi connectivity index (χ2n) is 5.21. The van der Waals surface area contributed by atoms with Gasteiger partial charge in [0.05, 0.1) is 6.20 Å². The van der Waals surface area contributed by atoms with E-state index in [4.69, 9.17) is 0 Å². The topological polar surface area (TPSA) is 33.4 Å². The van der Waals surface area contributed by atoms with Gasteiger partial charge in [-0.2, -0.15) is 18.3 Å². The summed E-state index contributed by atoms with van der Waals surface area (Å²) in [5.41, 5.74) is 0.524. The molecule has 0 spiro atoms. The van der Waals surface area contributed by atoms with Crippen molar-refractivity contribution in [2.75, 3.05) is 6.54 Å². The molecule has 0 N–H and O–H groups in total. The molecule has 0 aliphatic heterocycles. The van der Waals surface area contributed by atoms with Crippen molar-refractivity contribution < 1.29 is 17.6 Å². The molecule has 2 aromatic heterocycles. The van der Waals surface area contributed by atoms with Crippen LogP contribution in [-0.4, -0.2) is 31.6 Å². The van der Waals surface area contributed by atoms with Crippen molar-refractivity contribution in [2.45, 2.75) is 24.2 Å². The number of benzene rings is 1. The van der Waals surface area contributed by atoms with Gasteiger partial charge in [0, 0.05) is 12.7 Å².